The van der Waals surface area contributed by atoms with Crippen LogP contribution in [0.2, 0.25) is 0 Å². The van der Waals surface area contributed by atoms with Crippen LogP contribution in [0.3, 0.4) is 0 Å². The second-order valence-corrected chi connectivity index (χ2v) is 8.23. The first-order valence-corrected chi connectivity index (χ1v) is 8.66. The van der Waals surface area contributed by atoms with Gasteiger partial charge in [-0.3, -0.25) is 4.79 Å². The van der Waals surface area contributed by atoms with Gasteiger partial charge in [-0.1, -0.05) is 0 Å². The standard InChI is InChI=1S/C17H27F3N2O3/c1-10-9-22(15(24)25-16(3,4)5)11(2)8-21(10)14(23)12-6-13(7-12)17(18,19)20/h10-13H,6-9H2,1-5H3/t10-,11+,12?,13?/m1/s1. The second kappa shape index (κ2) is 6.68. The van der Waals surface area contributed by atoms with Gasteiger partial charge in [0.2, 0.25) is 5.91 Å². The summed E-state index contributed by atoms with van der Waals surface area (Å²) in [5.74, 6) is -2.16. The lowest BCUT2D eigenvalue weighted by Gasteiger charge is -2.47. The van der Waals surface area contributed by atoms with Gasteiger partial charge in [-0.05, 0) is 47.5 Å². The fraction of sp³-hybridized carbons (Fsp3) is 0.882. The Morgan fingerprint density at radius 1 is 0.960 bits per heavy atom. The fourth-order valence-corrected chi connectivity index (χ4v) is 3.33. The maximum absolute atomic E-state index is 12.6. The van der Waals surface area contributed by atoms with Gasteiger partial charge in [0.1, 0.15) is 5.60 Å². The van der Waals surface area contributed by atoms with E-state index in [1.54, 1.807) is 37.5 Å². The van der Waals surface area contributed by atoms with E-state index in [0.29, 0.717) is 13.1 Å². The highest BCUT2D eigenvalue weighted by molar-refractivity contribution is 5.80. The molecule has 8 heteroatoms. The molecule has 1 aliphatic carbocycles. The van der Waals surface area contributed by atoms with Gasteiger partial charge in [-0.2, -0.15) is 13.2 Å². The van der Waals surface area contributed by atoms with Crippen molar-refractivity contribution in [1.82, 2.24) is 9.80 Å². The summed E-state index contributed by atoms with van der Waals surface area (Å²) in [4.78, 5) is 28.0. The van der Waals surface area contributed by atoms with Crippen LogP contribution in [-0.2, 0) is 9.53 Å². The Balaban J connectivity index is 1.94. The van der Waals surface area contributed by atoms with E-state index in [1.807, 2.05) is 6.92 Å². The third-order valence-corrected chi connectivity index (χ3v) is 4.85. The van der Waals surface area contributed by atoms with Crippen LogP contribution in [0, 0.1) is 11.8 Å². The zero-order valence-corrected chi connectivity index (χ0v) is 15.4. The molecule has 5 nitrogen and oxygen atoms in total. The molecule has 0 radical (unpaired) electrons. The third kappa shape index (κ3) is 4.58. The maximum atomic E-state index is 12.6. The predicted molar refractivity (Wildman–Crippen MR) is 85.8 cm³/mol. The highest BCUT2D eigenvalue weighted by Gasteiger charge is 2.51. The van der Waals surface area contributed by atoms with Crippen molar-refractivity contribution >= 4 is 12.0 Å². The third-order valence-electron chi connectivity index (χ3n) is 4.85. The second-order valence-electron chi connectivity index (χ2n) is 8.23. The van der Waals surface area contributed by atoms with E-state index in [-0.39, 0.29) is 30.8 Å². The van der Waals surface area contributed by atoms with Crippen LogP contribution in [-0.4, -0.2) is 58.8 Å². The lowest BCUT2D eigenvalue weighted by Crippen LogP contribution is -2.61. The minimum absolute atomic E-state index is 0.129. The molecule has 1 saturated heterocycles. The van der Waals surface area contributed by atoms with Crippen LogP contribution >= 0.6 is 0 Å². The van der Waals surface area contributed by atoms with Gasteiger partial charge in [-0.25, -0.2) is 4.79 Å². The van der Waals surface area contributed by atoms with Crippen LogP contribution in [0.5, 0.6) is 0 Å². The van der Waals surface area contributed by atoms with Crippen LogP contribution in [0.1, 0.15) is 47.5 Å². The average Bonchev–Trinajstić information content (AvgIpc) is 2.35. The molecule has 2 rings (SSSR count). The van der Waals surface area contributed by atoms with Crippen LogP contribution in [0.25, 0.3) is 0 Å². The molecule has 25 heavy (non-hydrogen) atoms. The summed E-state index contributed by atoms with van der Waals surface area (Å²) in [6, 6.07) is -0.491. The molecule has 2 atom stereocenters. The number of hydrogen-bond acceptors (Lipinski definition) is 3. The van der Waals surface area contributed by atoms with Gasteiger partial charge in [0.15, 0.2) is 0 Å². The van der Waals surface area contributed by atoms with Crippen molar-refractivity contribution in [1.29, 1.82) is 0 Å². The first-order valence-electron chi connectivity index (χ1n) is 8.66. The summed E-state index contributed by atoms with van der Waals surface area (Å²) in [6.07, 6.45) is -4.91. The summed E-state index contributed by atoms with van der Waals surface area (Å²) in [7, 11) is 0. The molecule has 0 N–H and O–H groups in total. The van der Waals surface area contributed by atoms with Crippen molar-refractivity contribution in [3.63, 3.8) is 0 Å². The summed E-state index contributed by atoms with van der Waals surface area (Å²) >= 11 is 0. The largest absolute Gasteiger partial charge is 0.444 e. The van der Waals surface area contributed by atoms with Crippen molar-refractivity contribution in [3.05, 3.63) is 0 Å². The molecular weight excluding hydrogens is 337 g/mol. The van der Waals surface area contributed by atoms with E-state index < -0.39 is 29.7 Å². The smallest absolute Gasteiger partial charge is 0.410 e. The number of rotatable bonds is 1. The predicted octanol–water partition coefficient (Wildman–Crippen LogP) is 3.43. The Morgan fingerprint density at radius 3 is 1.92 bits per heavy atom. The van der Waals surface area contributed by atoms with Crippen LogP contribution < -0.4 is 0 Å². The van der Waals surface area contributed by atoms with Gasteiger partial charge >= 0.3 is 12.3 Å². The molecule has 2 aliphatic rings. The van der Waals surface area contributed by atoms with Crippen molar-refractivity contribution in [2.45, 2.75) is 71.3 Å². The van der Waals surface area contributed by atoms with Gasteiger partial charge in [0, 0.05) is 31.1 Å². The normalized spacial score (nSPS) is 30.7. The molecule has 0 aromatic rings. The molecule has 2 fully saturated rings. The lowest BCUT2D eigenvalue weighted by molar-refractivity contribution is -0.207. The molecule has 0 spiro atoms. The first-order chi connectivity index (χ1) is 11.3. The van der Waals surface area contributed by atoms with Crippen molar-refractivity contribution in [3.8, 4) is 0 Å². The Kier molecular flexibility index (Phi) is 5.31. The number of piperazine rings is 1. The van der Waals surface area contributed by atoms with E-state index in [2.05, 4.69) is 0 Å². The molecule has 0 aromatic heterocycles. The summed E-state index contributed by atoms with van der Waals surface area (Å²) in [5.41, 5.74) is -0.606. The number of hydrogen-bond donors (Lipinski definition) is 0. The summed E-state index contributed by atoms with van der Waals surface area (Å²) in [5, 5.41) is 0. The quantitative estimate of drug-likeness (QED) is 0.716. The Bertz CT molecular complexity index is 524. The van der Waals surface area contributed by atoms with E-state index >= 15 is 0 Å². The van der Waals surface area contributed by atoms with Crippen molar-refractivity contribution in [2.75, 3.05) is 13.1 Å². The zero-order chi connectivity index (χ0) is 19.2. The molecule has 1 saturated carbocycles. The molecule has 1 aliphatic heterocycles. The number of carbonyl (C=O) groups excluding carboxylic acids is 2. The first kappa shape index (κ1) is 19.8. The van der Waals surface area contributed by atoms with E-state index in [9.17, 15) is 22.8 Å². The van der Waals surface area contributed by atoms with E-state index in [1.165, 1.54) is 0 Å². The zero-order valence-electron chi connectivity index (χ0n) is 15.4. The highest BCUT2D eigenvalue weighted by atomic mass is 19.4. The Labute approximate surface area is 146 Å². The highest BCUT2D eigenvalue weighted by Crippen LogP contribution is 2.45. The minimum atomic E-state index is -4.22. The number of carbonyl (C=O) groups is 2. The molecule has 1 heterocycles. The number of ether oxygens (including phenoxy) is 1. The molecule has 0 unspecified atom stereocenters. The van der Waals surface area contributed by atoms with Gasteiger partial charge in [-0.15, -0.1) is 0 Å². The Morgan fingerprint density at radius 2 is 1.44 bits per heavy atom. The Hall–Kier alpha value is -1.47. The number of nitrogens with zero attached hydrogens (tertiary/aromatic N) is 2. The van der Waals surface area contributed by atoms with Crippen LogP contribution in [0.15, 0.2) is 0 Å². The van der Waals surface area contributed by atoms with E-state index in [0.717, 1.165) is 0 Å². The SMILES string of the molecule is C[C@@H]1CN(C(=O)OC(C)(C)C)[C@@H](C)CN1C(=O)C1CC(C(F)(F)F)C1. The van der Waals surface area contributed by atoms with Gasteiger partial charge < -0.3 is 14.5 Å². The van der Waals surface area contributed by atoms with Crippen molar-refractivity contribution < 1.29 is 27.5 Å². The fourth-order valence-electron chi connectivity index (χ4n) is 3.33. The number of halogens is 3. The topological polar surface area (TPSA) is 49.9 Å². The van der Waals surface area contributed by atoms with E-state index in [4.69, 9.17) is 4.74 Å². The van der Waals surface area contributed by atoms with Crippen molar-refractivity contribution in [2.24, 2.45) is 11.8 Å². The monoisotopic (exact) mass is 364 g/mol. The molecule has 2 amide bonds. The molecule has 144 valence electrons. The number of alkyl halides is 3. The lowest BCUT2D eigenvalue weighted by atomic mass is 9.73. The van der Waals surface area contributed by atoms with Crippen LogP contribution in [0.4, 0.5) is 18.0 Å². The summed E-state index contributed by atoms with van der Waals surface area (Å²) in [6.45, 7) is 9.60. The van der Waals surface area contributed by atoms with Gasteiger partial charge in [0.05, 0.1) is 5.92 Å². The van der Waals surface area contributed by atoms with Gasteiger partial charge in [0.25, 0.3) is 0 Å². The molecule has 0 bridgehead atoms. The number of amides is 2. The molecule has 0 aromatic carbocycles. The summed E-state index contributed by atoms with van der Waals surface area (Å²) < 4.78 is 43.2. The molecular formula is C17H27F3N2O3. The minimum Gasteiger partial charge on any atom is -0.444 e. The maximum Gasteiger partial charge on any atom is 0.410 e. The average molecular weight is 364 g/mol.